The lowest BCUT2D eigenvalue weighted by atomic mass is 9.82. The van der Waals surface area contributed by atoms with Crippen molar-refractivity contribution in [2.75, 3.05) is 19.6 Å². The van der Waals surface area contributed by atoms with Gasteiger partial charge in [0.1, 0.15) is 5.75 Å². The molecule has 4 nitrogen and oxygen atoms in total. The first kappa shape index (κ1) is 26.8. The van der Waals surface area contributed by atoms with Crippen molar-refractivity contribution < 1.29 is 36.2 Å². The topological polar surface area (TPSA) is 58.7 Å². The number of nitrogens with two attached hydrogens (primary N) is 1. The summed E-state index contributed by atoms with van der Waals surface area (Å²) in [5, 5.41) is 10.7. The fraction of sp³-hybridized carbons (Fsp3) is 0.538. The fourth-order valence-corrected chi connectivity index (χ4v) is 5.32. The second-order valence-electron chi connectivity index (χ2n) is 9.77. The molecule has 0 aliphatic carbocycles. The molecular formula is C26H30F6N2O2. The van der Waals surface area contributed by atoms with Gasteiger partial charge in [-0.25, -0.2) is 0 Å². The van der Waals surface area contributed by atoms with Crippen LogP contribution in [0, 0.1) is 12.8 Å². The number of likely N-dealkylation sites (tertiary alicyclic amines) is 1. The number of phenols is 1. The maximum absolute atomic E-state index is 13.2. The third kappa shape index (κ3) is 5.81. The zero-order chi connectivity index (χ0) is 26.3. The second kappa shape index (κ2) is 10.2. The highest BCUT2D eigenvalue weighted by molar-refractivity contribution is 5.47. The summed E-state index contributed by atoms with van der Waals surface area (Å²) in [7, 11) is 0. The quantitative estimate of drug-likeness (QED) is 0.480. The third-order valence-corrected chi connectivity index (χ3v) is 7.25. The molecule has 2 heterocycles. The summed E-state index contributed by atoms with van der Waals surface area (Å²) in [6.45, 7) is 3.33. The number of piperidine rings is 1. The predicted molar refractivity (Wildman–Crippen MR) is 122 cm³/mol. The van der Waals surface area contributed by atoms with Gasteiger partial charge in [-0.05, 0) is 86.6 Å². The van der Waals surface area contributed by atoms with E-state index in [0.29, 0.717) is 45.3 Å². The van der Waals surface area contributed by atoms with Crippen LogP contribution in [0.15, 0.2) is 30.3 Å². The number of hydrogen-bond acceptors (Lipinski definition) is 4. The summed E-state index contributed by atoms with van der Waals surface area (Å²) in [4.78, 5) is 1.88. The molecule has 0 radical (unpaired) electrons. The van der Waals surface area contributed by atoms with Gasteiger partial charge in [-0.1, -0.05) is 12.1 Å². The standard InChI is InChI=1S/C26H30F6N2O2/c1-15-2-3-20-21(24(15)35)13-23(36-22(20)4-7-33)17-5-8-34(9-6-17)14-16-10-18(25(27,28)29)12-19(11-16)26(30,31)32/h2-3,10-12,17,22-23,35H,4-9,13-14,33H2,1H3/t22-,23-/m0/s1. The Morgan fingerprint density at radius 1 is 1.00 bits per heavy atom. The molecule has 3 N–H and O–H groups in total. The van der Waals surface area contributed by atoms with Crippen LogP contribution >= 0.6 is 0 Å². The van der Waals surface area contributed by atoms with E-state index in [1.54, 1.807) is 0 Å². The molecule has 1 saturated heterocycles. The maximum atomic E-state index is 13.2. The largest absolute Gasteiger partial charge is 0.507 e. The van der Waals surface area contributed by atoms with Gasteiger partial charge in [0.05, 0.1) is 23.3 Å². The average Bonchev–Trinajstić information content (AvgIpc) is 2.81. The van der Waals surface area contributed by atoms with Gasteiger partial charge in [-0.3, -0.25) is 4.90 Å². The van der Waals surface area contributed by atoms with Crippen LogP contribution in [0.5, 0.6) is 5.75 Å². The minimum absolute atomic E-state index is 0.00383. The molecule has 0 unspecified atom stereocenters. The third-order valence-electron chi connectivity index (χ3n) is 7.25. The van der Waals surface area contributed by atoms with Crippen LogP contribution in [-0.2, 0) is 30.1 Å². The van der Waals surface area contributed by atoms with Crippen LogP contribution < -0.4 is 5.73 Å². The summed E-state index contributed by atoms with van der Waals surface area (Å²) in [5.74, 6) is 0.423. The Balaban J connectivity index is 1.45. The molecule has 198 valence electrons. The predicted octanol–water partition coefficient (Wildman–Crippen LogP) is 5.98. The van der Waals surface area contributed by atoms with Gasteiger partial charge in [0.2, 0.25) is 0 Å². The molecule has 0 saturated carbocycles. The van der Waals surface area contributed by atoms with Crippen molar-refractivity contribution in [3.8, 4) is 5.75 Å². The minimum Gasteiger partial charge on any atom is -0.507 e. The average molecular weight is 517 g/mol. The summed E-state index contributed by atoms with van der Waals surface area (Å²) in [6, 6.07) is 5.57. The van der Waals surface area contributed by atoms with E-state index >= 15 is 0 Å². The number of hydrogen-bond donors (Lipinski definition) is 2. The molecule has 0 bridgehead atoms. The fourth-order valence-electron chi connectivity index (χ4n) is 5.32. The van der Waals surface area contributed by atoms with Gasteiger partial charge < -0.3 is 15.6 Å². The van der Waals surface area contributed by atoms with Crippen molar-refractivity contribution >= 4 is 0 Å². The Hall–Kier alpha value is -2.30. The lowest BCUT2D eigenvalue weighted by Crippen LogP contribution is -2.41. The number of ether oxygens (including phenoxy) is 1. The normalized spacial score (nSPS) is 22.0. The first-order valence-corrected chi connectivity index (χ1v) is 12.0. The van der Waals surface area contributed by atoms with Gasteiger partial charge in [-0.2, -0.15) is 26.3 Å². The van der Waals surface area contributed by atoms with Gasteiger partial charge in [0.25, 0.3) is 0 Å². The number of halogens is 6. The highest BCUT2D eigenvalue weighted by atomic mass is 19.4. The van der Waals surface area contributed by atoms with Crippen LogP contribution in [0.25, 0.3) is 0 Å². The van der Waals surface area contributed by atoms with E-state index in [9.17, 15) is 31.4 Å². The molecule has 2 aliphatic heterocycles. The highest BCUT2D eigenvalue weighted by Crippen LogP contribution is 2.42. The molecule has 4 rings (SSSR count). The summed E-state index contributed by atoms with van der Waals surface area (Å²) in [6.07, 6.45) is -7.55. The number of fused-ring (bicyclic) bond motifs is 1. The van der Waals surface area contributed by atoms with E-state index in [2.05, 4.69) is 0 Å². The summed E-state index contributed by atoms with van der Waals surface area (Å²) < 4.78 is 85.6. The molecule has 2 aliphatic rings. The molecule has 0 aromatic heterocycles. The molecular weight excluding hydrogens is 486 g/mol. The lowest BCUT2D eigenvalue weighted by Gasteiger charge is -2.41. The van der Waals surface area contributed by atoms with Crippen molar-refractivity contribution in [1.82, 2.24) is 4.90 Å². The van der Waals surface area contributed by atoms with Crippen LogP contribution in [0.3, 0.4) is 0 Å². The van der Waals surface area contributed by atoms with E-state index in [1.807, 2.05) is 24.0 Å². The minimum atomic E-state index is -4.86. The van der Waals surface area contributed by atoms with Crippen LogP contribution in [0.4, 0.5) is 26.3 Å². The molecule has 10 heteroatoms. The summed E-state index contributed by atoms with van der Waals surface area (Å²) >= 11 is 0. The van der Waals surface area contributed by atoms with Crippen molar-refractivity contribution in [2.24, 2.45) is 11.7 Å². The molecule has 2 atom stereocenters. The number of phenolic OH excluding ortho intramolecular Hbond substituents is 1. The Morgan fingerprint density at radius 2 is 1.61 bits per heavy atom. The molecule has 2 aromatic carbocycles. The summed E-state index contributed by atoms with van der Waals surface area (Å²) in [5.41, 5.74) is 5.79. The molecule has 2 aromatic rings. The molecule has 1 fully saturated rings. The number of nitrogens with zero attached hydrogens (tertiary/aromatic N) is 1. The Kier molecular flexibility index (Phi) is 7.60. The van der Waals surface area contributed by atoms with Gasteiger partial charge >= 0.3 is 12.4 Å². The van der Waals surface area contributed by atoms with Gasteiger partial charge in [-0.15, -0.1) is 0 Å². The SMILES string of the molecule is Cc1ccc2c(c1O)C[C@@H](C1CCN(Cc3cc(C(F)(F)F)cc(C(F)(F)F)c3)CC1)O[C@H]2CCN. The Morgan fingerprint density at radius 3 is 2.17 bits per heavy atom. The first-order valence-electron chi connectivity index (χ1n) is 12.0. The number of aryl methyl sites for hydroxylation is 1. The van der Waals surface area contributed by atoms with E-state index in [0.717, 1.165) is 28.8 Å². The van der Waals surface area contributed by atoms with E-state index in [-0.39, 0.29) is 42.0 Å². The van der Waals surface area contributed by atoms with Crippen molar-refractivity contribution in [1.29, 1.82) is 0 Å². The number of rotatable bonds is 5. The smallest absolute Gasteiger partial charge is 0.416 e. The number of aromatic hydroxyl groups is 1. The first-order chi connectivity index (χ1) is 16.9. The van der Waals surface area contributed by atoms with Crippen molar-refractivity contribution in [3.63, 3.8) is 0 Å². The van der Waals surface area contributed by atoms with Crippen LogP contribution in [0.2, 0.25) is 0 Å². The highest BCUT2D eigenvalue weighted by Gasteiger charge is 2.38. The lowest BCUT2D eigenvalue weighted by molar-refractivity contribution is -0.143. The maximum Gasteiger partial charge on any atom is 0.416 e. The monoisotopic (exact) mass is 516 g/mol. The van der Waals surface area contributed by atoms with Gasteiger partial charge in [0.15, 0.2) is 0 Å². The molecule has 0 amide bonds. The van der Waals surface area contributed by atoms with Crippen LogP contribution in [0.1, 0.15) is 58.7 Å². The van der Waals surface area contributed by atoms with Gasteiger partial charge in [0, 0.05) is 18.5 Å². The van der Waals surface area contributed by atoms with E-state index in [4.69, 9.17) is 10.5 Å². The van der Waals surface area contributed by atoms with E-state index < -0.39 is 23.5 Å². The zero-order valence-corrected chi connectivity index (χ0v) is 19.9. The number of alkyl halides is 6. The van der Waals surface area contributed by atoms with Crippen LogP contribution in [-0.4, -0.2) is 35.7 Å². The van der Waals surface area contributed by atoms with E-state index in [1.165, 1.54) is 0 Å². The second-order valence-corrected chi connectivity index (χ2v) is 9.77. The zero-order valence-electron chi connectivity index (χ0n) is 19.9. The Bertz CT molecular complexity index is 1050. The Labute approximate surface area is 206 Å². The molecule has 0 spiro atoms. The van der Waals surface area contributed by atoms with Crippen molar-refractivity contribution in [3.05, 3.63) is 63.7 Å². The number of benzene rings is 2. The van der Waals surface area contributed by atoms with Crippen molar-refractivity contribution in [2.45, 2.75) is 63.7 Å². The molecule has 36 heavy (non-hydrogen) atoms.